The van der Waals surface area contributed by atoms with Crippen molar-refractivity contribution in [2.45, 2.75) is 13.0 Å². The molecule has 0 aliphatic carbocycles. The minimum absolute atomic E-state index is 0.0502. The largest absolute Gasteiger partial charge is 0.494 e. The van der Waals surface area contributed by atoms with Crippen molar-refractivity contribution in [3.05, 3.63) is 60.4 Å². The van der Waals surface area contributed by atoms with Crippen molar-refractivity contribution in [2.24, 2.45) is 0 Å². The van der Waals surface area contributed by atoms with Crippen LogP contribution in [-0.2, 0) is 0 Å². The molecule has 2 aromatic carbocycles. The normalized spacial score (nSPS) is 11.7. The van der Waals surface area contributed by atoms with Gasteiger partial charge in [-0.1, -0.05) is 30.3 Å². The summed E-state index contributed by atoms with van der Waals surface area (Å²) in [6.07, 6.45) is 0. The molecule has 1 atom stereocenters. The van der Waals surface area contributed by atoms with Crippen LogP contribution in [0.25, 0.3) is 11.3 Å². The minimum Gasteiger partial charge on any atom is -0.494 e. The van der Waals surface area contributed by atoms with E-state index in [2.05, 4.69) is 20.6 Å². The third-order valence-corrected chi connectivity index (χ3v) is 3.87. The van der Waals surface area contributed by atoms with Crippen molar-refractivity contribution in [3.8, 4) is 17.0 Å². The maximum absolute atomic E-state index is 14.0. The molecule has 3 N–H and O–H groups in total. The first kappa shape index (κ1) is 18.6. The molecule has 7 heteroatoms. The van der Waals surface area contributed by atoms with Gasteiger partial charge in [-0.15, -0.1) is 0 Å². The van der Waals surface area contributed by atoms with Gasteiger partial charge in [0.1, 0.15) is 5.82 Å². The molecule has 0 aliphatic rings. The highest BCUT2D eigenvalue weighted by atomic mass is 19.1. The first-order chi connectivity index (χ1) is 13.1. The first-order valence-corrected chi connectivity index (χ1v) is 8.51. The number of nitrogens with zero attached hydrogens (tertiary/aromatic N) is 2. The van der Waals surface area contributed by atoms with Gasteiger partial charge < -0.3 is 20.5 Å². The fourth-order valence-corrected chi connectivity index (χ4v) is 2.49. The van der Waals surface area contributed by atoms with Crippen LogP contribution in [0.3, 0.4) is 0 Å². The zero-order valence-electron chi connectivity index (χ0n) is 15.1. The van der Waals surface area contributed by atoms with Crippen LogP contribution >= 0.6 is 0 Å². The van der Waals surface area contributed by atoms with Gasteiger partial charge in [0.05, 0.1) is 19.4 Å². The van der Waals surface area contributed by atoms with Crippen molar-refractivity contribution in [3.63, 3.8) is 0 Å². The number of halogens is 1. The summed E-state index contributed by atoms with van der Waals surface area (Å²) in [5.41, 5.74) is 2.16. The molecule has 3 aromatic rings. The molecule has 0 spiro atoms. The van der Waals surface area contributed by atoms with Crippen molar-refractivity contribution in [1.82, 2.24) is 9.97 Å². The highest BCUT2D eigenvalue weighted by Gasteiger charge is 2.10. The zero-order chi connectivity index (χ0) is 19.2. The van der Waals surface area contributed by atoms with Gasteiger partial charge in [-0.3, -0.25) is 0 Å². The number of anilines is 3. The average molecular weight is 368 g/mol. The number of rotatable bonds is 7. The molecule has 0 amide bonds. The summed E-state index contributed by atoms with van der Waals surface area (Å²) in [4.78, 5) is 8.93. The lowest BCUT2D eigenvalue weighted by Gasteiger charge is -2.14. The van der Waals surface area contributed by atoms with Crippen LogP contribution < -0.4 is 15.4 Å². The molecule has 0 saturated heterocycles. The van der Waals surface area contributed by atoms with E-state index in [-0.39, 0.29) is 18.4 Å². The van der Waals surface area contributed by atoms with Gasteiger partial charge in [0, 0.05) is 29.4 Å². The van der Waals surface area contributed by atoms with Crippen LogP contribution in [0.1, 0.15) is 6.92 Å². The predicted octanol–water partition coefficient (Wildman–Crippen LogP) is 3.83. The summed E-state index contributed by atoms with van der Waals surface area (Å²) in [6.45, 7) is 1.77. The highest BCUT2D eigenvalue weighted by molar-refractivity contribution is 5.67. The molecule has 3 rings (SSSR count). The van der Waals surface area contributed by atoms with Crippen LogP contribution in [-0.4, -0.2) is 34.8 Å². The van der Waals surface area contributed by atoms with Crippen LogP contribution in [0.2, 0.25) is 0 Å². The molecule has 1 heterocycles. The number of aromatic nitrogens is 2. The van der Waals surface area contributed by atoms with E-state index in [9.17, 15) is 9.50 Å². The van der Waals surface area contributed by atoms with Gasteiger partial charge in [-0.05, 0) is 19.1 Å². The number of methoxy groups -OCH3 is 1. The topological polar surface area (TPSA) is 79.3 Å². The number of ether oxygens (including phenoxy) is 1. The first-order valence-electron chi connectivity index (χ1n) is 8.51. The van der Waals surface area contributed by atoms with E-state index in [4.69, 9.17) is 4.74 Å². The van der Waals surface area contributed by atoms with Crippen molar-refractivity contribution < 1.29 is 14.2 Å². The summed E-state index contributed by atoms with van der Waals surface area (Å²) in [7, 11) is 1.42. The van der Waals surface area contributed by atoms with Crippen LogP contribution in [0.5, 0.6) is 5.75 Å². The summed E-state index contributed by atoms with van der Waals surface area (Å²) in [5.74, 6) is 0.579. The molecule has 0 saturated carbocycles. The Balaban J connectivity index is 1.95. The third-order valence-electron chi connectivity index (χ3n) is 3.87. The SMILES string of the molecule is COc1ccc(Nc2cc(-c3ccccc3)nc(N[C@@H](C)CO)n2)cc1F. The van der Waals surface area contributed by atoms with E-state index in [1.54, 1.807) is 18.2 Å². The Kier molecular flexibility index (Phi) is 5.83. The molecule has 140 valence electrons. The Morgan fingerprint density at radius 3 is 2.56 bits per heavy atom. The monoisotopic (exact) mass is 368 g/mol. The number of benzene rings is 2. The lowest BCUT2D eigenvalue weighted by Crippen LogP contribution is -2.21. The molecular weight excluding hydrogens is 347 g/mol. The van der Waals surface area contributed by atoms with Gasteiger partial charge in [0.2, 0.25) is 5.95 Å². The molecule has 0 unspecified atom stereocenters. The summed E-state index contributed by atoms with van der Waals surface area (Å²) < 4.78 is 18.9. The van der Waals surface area contributed by atoms with E-state index in [1.165, 1.54) is 13.2 Å². The van der Waals surface area contributed by atoms with Gasteiger partial charge in [0.25, 0.3) is 0 Å². The number of aliphatic hydroxyl groups is 1. The summed E-state index contributed by atoms with van der Waals surface area (Å²) in [5, 5.41) is 15.4. The number of hydrogen-bond donors (Lipinski definition) is 3. The van der Waals surface area contributed by atoms with Crippen LogP contribution in [0, 0.1) is 5.82 Å². The third kappa shape index (κ3) is 4.71. The summed E-state index contributed by atoms with van der Waals surface area (Å²) in [6, 6.07) is 15.8. The zero-order valence-corrected chi connectivity index (χ0v) is 15.1. The Labute approximate surface area is 157 Å². The maximum Gasteiger partial charge on any atom is 0.225 e. The molecule has 1 aromatic heterocycles. The molecule has 27 heavy (non-hydrogen) atoms. The Bertz CT molecular complexity index is 906. The standard InChI is InChI=1S/C20H21FN4O2/c1-13(12-26)22-20-24-17(14-6-4-3-5-7-14)11-19(25-20)23-15-8-9-18(27-2)16(21)10-15/h3-11,13,26H,12H2,1-2H3,(H2,22,23,24,25)/t13-/m0/s1. The molecular formula is C20H21FN4O2. The molecule has 6 nitrogen and oxygen atoms in total. The van der Waals surface area contributed by atoms with E-state index in [1.807, 2.05) is 37.3 Å². The lowest BCUT2D eigenvalue weighted by molar-refractivity contribution is 0.281. The van der Waals surface area contributed by atoms with Crippen LogP contribution in [0.4, 0.5) is 21.8 Å². The highest BCUT2D eigenvalue weighted by Crippen LogP contribution is 2.26. The van der Waals surface area contributed by atoms with E-state index < -0.39 is 5.82 Å². The number of aliphatic hydroxyl groups excluding tert-OH is 1. The van der Waals surface area contributed by atoms with Gasteiger partial charge in [0.15, 0.2) is 11.6 Å². The molecule has 0 radical (unpaired) electrons. The molecule has 0 fully saturated rings. The molecule has 0 aliphatic heterocycles. The van der Waals surface area contributed by atoms with Crippen molar-refractivity contribution in [2.75, 3.05) is 24.4 Å². The Morgan fingerprint density at radius 1 is 1.11 bits per heavy atom. The Hall–Kier alpha value is -3.19. The van der Waals surface area contributed by atoms with Gasteiger partial charge >= 0.3 is 0 Å². The average Bonchev–Trinajstić information content (AvgIpc) is 2.68. The quantitative estimate of drug-likeness (QED) is 0.588. The van der Waals surface area contributed by atoms with Crippen molar-refractivity contribution >= 4 is 17.5 Å². The van der Waals surface area contributed by atoms with Gasteiger partial charge in [-0.25, -0.2) is 9.37 Å². The van der Waals surface area contributed by atoms with E-state index >= 15 is 0 Å². The number of nitrogens with one attached hydrogen (secondary N) is 2. The fourth-order valence-electron chi connectivity index (χ4n) is 2.49. The number of hydrogen-bond acceptors (Lipinski definition) is 6. The lowest BCUT2D eigenvalue weighted by atomic mass is 10.1. The smallest absolute Gasteiger partial charge is 0.225 e. The maximum atomic E-state index is 14.0. The Morgan fingerprint density at radius 2 is 1.89 bits per heavy atom. The fraction of sp³-hybridized carbons (Fsp3) is 0.200. The van der Waals surface area contributed by atoms with Crippen molar-refractivity contribution in [1.29, 1.82) is 0 Å². The van der Waals surface area contributed by atoms with E-state index in [0.717, 1.165) is 5.56 Å². The minimum atomic E-state index is -0.466. The molecule has 0 bridgehead atoms. The predicted molar refractivity (Wildman–Crippen MR) is 104 cm³/mol. The second-order valence-electron chi connectivity index (χ2n) is 6.03. The van der Waals surface area contributed by atoms with E-state index in [0.29, 0.717) is 23.1 Å². The summed E-state index contributed by atoms with van der Waals surface area (Å²) >= 11 is 0. The van der Waals surface area contributed by atoms with Crippen LogP contribution in [0.15, 0.2) is 54.6 Å². The second-order valence-corrected chi connectivity index (χ2v) is 6.03. The second kappa shape index (κ2) is 8.46. The van der Waals surface area contributed by atoms with Gasteiger partial charge in [-0.2, -0.15) is 4.98 Å².